The summed E-state index contributed by atoms with van der Waals surface area (Å²) in [5.41, 5.74) is 4.90. The standard InChI is InChI=1S/C23H15ClFN5O2/c24-15-4-3-5-16(11-15)28-23(31)32-30-21-13-27-22(17-6-1-2-7-19(17)25)18-10-14(12-26)8-9-20(18)29-21/h1-11H,13H2,(H,28,31)(H,29,30). The van der Waals surface area contributed by atoms with Crippen LogP contribution in [0.2, 0.25) is 5.02 Å². The average Bonchev–Trinajstić information content (AvgIpc) is 2.97. The van der Waals surface area contributed by atoms with E-state index in [0.29, 0.717) is 33.2 Å². The Kier molecular flexibility index (Phi) is 6.10. The molecule has 0 aliphatic carbocycles. The Balaban J connectivity index is 1.58. The van der Waals surface area contributed by atoms with Gasteiger partial charge in [0.25, 0.3) is 0 Å². The Morgan fingerprint density at radius 2 is 1.94 bits per heavy atom. The highest BCUT2D eigenvalue weighted by Gasteiger charge is 2.20. The SMILES string of the molecule is N#Cc1ccc2c(c1)C(c1ccccc1F)=NCC(NOC(=O)Nc1cccc(Cl)c1)=N2. The van der Waals surface area contributed by atoms with Crippen LogP contribution < -0.4 is 10.8 Å². The molecule has 3 aromatic carbocycles. The lowest BCUT2D eigenvalue weighted by Crippen LogP contribution is -2.31. The summed E-state index contributed by atoms with van der Waals surface area (Å²) in [6, 6.07) is 19.7. The number of fused-ring (bicyclic) bond motifs is 1. The van der Waals surface area contributed by atoms with Gasteiger partial charge in [-0.15, -0.1) is 0 Å². The highest BCUT2D eigenvalue weighted by Crippen LogP contribution is 2.27. The molecule has 9 heteroatoms. The molecule has 1 aliphatic heterocycles. The first-order chi connectivity index (χ1) is 15.5. The van der Waals surface area contributed by atoms with Gasteiger partial charge < -0.3 is 4.84 Å². The van der Waals surface area contributed by atoms with Crippen molar-refractivity contribution in [1.29, 1.82) is 5.26 Å². The van der Waals surface area contributed by atoms with E-state index in [2.05, 4.69) is 26.9 Å². The van der Waals surface area contributed by atoms with E-state index in [1.54, 1.807) is 60.7 Å². The third kappa shape index (κ3) is 4.74. The van der Waals surface area contributed by atoms with Gasteiger partial charge >= 0.3 is 6.09 Å². The number of carbonyl (C=O) groups excluding carboxylic acids is 1. The number of aliphatic imine (C=N–C) groups is 2. The molecule has 2 N–H and O–H groups in total. The van der Waals surface area contributed by atoms with E-state index in [9.17, 15) is 14.4 Å². The molecule has 0 bridgehead atoms. The van der Waals surface area contributed by atoms with E-state index in [-0.39, 0.29) is 17.9 Å². The Labute approximate surface area is 187 Å². The van der Waals surface area contributed by atoms with Crippen LogP contribution in [0.15, 0.2) is 76.7 Å². The summed E-state index contributed by atoms with van der Waals surface area (Å²) in [7, 11) is 0. The highest BCUT2D eigenvalue weighted by atomic mass is 35.5. The van der Waals surface area contributed by atoms with Gasteiger partial charge in [0.1, 0.15) is 12.4 Å². The third-order valence-corrected chi connectivity index (χ3v) is 4.72. The topological polar surface area (TPSA) is 98.9 Å². The van der Waals surface area contributed by atoms with E-state index in [4.69, 9.17) is 16.4 Å². The second kappa shape index (κ2) is 9.29. The Morgan fingerprint density at radius 3 is 2.72 bits per heavy atom. The van der Waals surface area contributed by atoms with Crippen LogP contribution in [0.1, 0.15) is 16.7 Å². The third-order valence-electron chi connectivity index (χ3n) is 4.48. The zero-order valence-corrected chi connectivity index (χ0v) is 17.2. The van der Waals surface area contributed by atoms with Crippen LogP contribution in [-0.4, -0.2) is 24.2 Å². The van der Waals surface area contributed by atoms with Crippen LogP contribution >= 0.6 is 11.6 Å². The quantitative estimate of drug-likeness (QED) is 0.541. The van der Waals surface area contributed by atoms with E-state index < -0.39 is 11.9 Å². The molecule has 0 unspecified atom stereocenters. The first-order valence-corrected chi connectivity index (χ1v) is 9.82. The minimum atomic E-state index is -0.780. The van der Waals surface area contributed by atoms with Gasteiger partial charge in [-0.25, -0.2) is 19.7 Å². The van der Waals surface area contributed by atoms with Crippen molar-refractivity contribution < 1.29 is 14.0 Å². The molecule has 7 nitrogen and oxygen atoms in total. The van der Waals surface area contributed by atoms with Crippen molar-refractivity contribution in [3.63, 3.8) is 0 Å². The van der Waals surface area contributed by atoms with E-state index in [0.717, 1.165) is 0 Å². The average molecular weight is 448 g/mol. The molecular weight excluding hydrogens is 433 g/mol. The molecule has 158 valence electrons. The van der Waals surface area contributed by atoms with Crippen LogP contribution in [0.25, 0.3) is 0 Å². The fourth-order valence-electron chi connectivity index (χ4n) is 3.07. The second-order valence-corrected chi connectivity index (χ2v) is 7.11. The summed E-state index contributed by atoms with van der Waals surface area (Å²) < 4.78 is 14.5. The number of nitrogens with zero attached hydrogens (tertiary/aromatic N) is 3. The van der Waals surface area contributed by atoms with Crippen LogP contribution in [-0.2, 0) is 4.84 Å². The number of amides is 1. The summed E-state index contributed by atoms with van der Waals surface area (Å²) in [6.07, 6.45) is -0.780. The van der Waals surface area contributed by atoms with Crippen LogP contribution in [0.3, 0.4) is 0 Å². The van der Waals surface area contributed by atoms with Crippen molar-refractivity contribution in [3.05, 3.63) is 94.3 Å². The molecule has 1 aliphatic rings. The minimum Gasteiger partial charge on any atom is -0.323 e. The normalized spacial score (nSPS) is 12.4. The van der Waals surface area contributed by atoms with Gasteiger partial charge in [0.15, 0.2) is 5.84 Å². The van der Waals surface area contributed by atoms with Crippen molar-refractivity contribution in [2.75, 3.05) is 11.9 Å². The first kappa shape index (κ1) is 21.0. The molecule has 0 radical (unpaired) electrons. The number of hydrogen-bond acceptors (Lipinski definition) is 6. The van der Waals surface area contributed by atoms with E-state index in [1.165, 1.54) is 6.07 Å². The predicted molar refractivity (Wildman–Crippen MR) is 120 cm³/mol. The van der Waals surface area contributed by atoms with Gasteiger partial charge in [-0.05, 0) is 48.5 Å². The lowest BCUT2D eigenvalue weighted by atomic mass is 9.98. The number of halogens is 2. The Morgan fingerprint density at radius 1 is 1.09 bits per heavy atom. The molecule has 1 amide bonds. The lowest BCUT2D eigenvalue weighted by molar-refractivity contribution is 0.134. The monoisotopic (exact) mass is 447 g/mol. The fourth-order valence-corrected chi connectivity index (χ4v) is 3.26. The number of hydroxylamine groups is 1. The molecule has 0 saturated heterocycles. The van der Waals surface area contributed by atoms with Gasteiger partial charge in [0, 0.05) is 21.8 Å². The number of nitrogens with one attached hydrogen (secondary N) is 2. The smallest absolute Gasteiger partial charge is 0.323 e. The summed E-state index contributed by atoms with van der Waals surface area (Å²) in [6.45, 7) is -0.00925. The summed E-state index contributed by atoms with van der Waals surface area (Å²) in [4.78, 5) is 26.0. The molecule has 0 spiro atoms. The highest BCUT2D eigenvalue weighted by molar-refractivity contribution is 6.30. The molecule has 0 saturated carbocycles. The Bertz CT molecular complexity index is 1300. The van der Waals surface area contributed by atoms with Gasteiger partial charge in [-0.2, -0.15) is 5.26 Å². The van der Waals surface area contributed by atoms with Crippen LogP contribution in [0.4, 0.5) is 20.6 Å². The molecule has 3 aromatic rings. The molecule has 0 atom stereocenters. The minimum absolute atomic E-state index is 0.00925. The van der Waals surface area contributed by atoms with Crippen LogP contribution in [0.5, 0.6) is 0 Å². The summed E-state index contributed by atoms with van der Waals surface area (Å²) in [5, 5.41) is 12.3. The maximum absolute atomic E-state index is 14.5. The van der Waals surface area contributed by atoms with Crippen molar-refractivity contribution in [2.45, 2.75) is 0 Å². The maximum atomic E-state index is 14.5. The molecule has 4 rings (SSSR count). The maximum Gasteiger partial charge on any atom is 0.435 e. The van der Waals surface area contributed by atoms with Crippen molar-refractivity contribution in [1.82, 2.24) is 5.48 Å². The van der Waals surface area contributed by atoms with Crippen LogP contribution in [0, 0.1) is 17.1 Å². The van der Waals surface area contributed by atoms with E-state index >= 15 is 0 Å². The predicted octanol–water partition coefficient (Wildman–Crippen LogP) is 4.99. The number of benzene rings is 3. The first-order valence-electron chi connectivity index (χ1n) is 9.44. The molecule has 32 heavy (non-hydrogen) atoms. The number of rotatable bonds is 2. The zero-order chi connectivity index (χ0) is 22.5. The van der Waals surface area contributed by atoms with Gasteiger partial charge in [0.05, 0.1) is 23.0 Å². The largest absolute Gasteiger partial charge is 0.435 e. The molecule has 0 fully saturated rings. The van der Waals surface area contributed by atoms with Gasteiger partial charge in [-0.3, -0.25) is 10.3 Å². The molecular formula is C23H15ClFN5O2. The Hall–Kier alpha value is -4.22. The van der Waals surface area contributed by atoms with E-state index in [1.807, 2.05) is 0 Å². The number of anilines is 1. The van der Waals surface area contributed by atoms with Gasteiger partial charge in [-0.1, -0.05) is 29.8 Å². The van der Waals surface area contributed by atoms with Gasteiger partial charge in [0.2, 0.25) is 0 Å². The van der Waals surface area contributed by atoms with Crippen molar-refractivity contribution in [3.8, 4) is 6.07 Å². The van der Waals surface area contributed by atoms with Crippen molar-refractivity contribution >= 4 is 40.6 Å². The zero-order valence-electron chi connectivity index (χ0n) is 16.5. The summed E-state index contributed by atoms with van der Waals surface area (Å²) in [5.74, 6) is -0.225. The fraction of sp³-hybridized carbons (Fsp3) is 0.0435. The molecule has 1 heterocycles. The number of carbonyl (C=O) groups is 1. The second-order valence-electron chi connectivity index (χ2n) is 6.67. The number of hydrogen-bond donors (Lipinski definition) is 2. The lowest BCUT2D eigenvalue weighted by Gasteiger charge is -2.09. The number of nitriles is 1. The van der Waals surface area contributed by atoms with Crippen molar-refractivity contribution in [2.24, 2.45) is 9.98 Å². The number of amidine groups is 1. The molecule has 0 aromatic heterocycles. The summed E-state index contributed by atoms with van der Waals surface area (Å²) >= 11 is 5.90.